The Kier molecular flexibility index (Phi) is 2.24. The first kappa shape index (κ1) is 9.54. The van der Waals surface area contributed by atoms with E-state index in [1.165, 1.54) is 0 Å². The summed E-state index contributed by atoms with van der Waals surface area (Å²) in [5, 5.41) is 9.66. The van der Waals surface area contributed by atoms with E-state index in [1.54, 1.807) is 13.1 Å². The predicted octanol–water partition coefficient (Wildman–Crippen LogP) is 2.46. The minimum atomic E-state index is -0.955. The third kappa shape index (κ3) is 1.40. The molecule has 0 radical (unpaired) electrons. The molecule has 0 amide bonds. The van der Waals surface area contributed by atoms with Crippen molar-refractivity contribution >= 4 is 44.1 Å². The van der Waals surface area contributed by atoms with E-state index in [2.05, 4.69) is 25.9 Å². The SMILES string of the molecule is Cc1ncc2c(Br)sc(C(=O)O)c2n1. The highest BCUT2D eigenvalue weighted by molar-refractivity contribution is 9.11. The molecule has 0 aliphatic heterocycles. The molecule has 14 heavy (non-hydrogen) atoms. The van der Waals surface area contributed by atoms with Crippen LogP contribution in [-0.2, 0) is 0 Å². The average molecular weight is 273 g/mol. The highest BCUT2D eigenvalue weighted by Gasteiger charge is 2.16. The van der Waals surface area contributed by atoms with Crippen LogP contribution < -0.4 is 0 Å². The number of halogens is 1. The van der Waals surface area contributed by atoms with E-state index < -0.39 is 5.97 Å². The molecule has 0 aliphatic rings. The second-order valence-corrected chi connectivity index (χ2v) is 5.03. The lowest BCUT2D eigenvalue weighted by molar-refractivity contribution is 0.0704. The average Bonchev–Trinajstić information content (AvgIpc) is 2.43. The van der Waals surface area contributed by atoms with Gasteiger partial charge in [0.15, 0.2) is 0 Å². The van der Waals surface area contributed by atoms with Gasteiger partial charge in [-0.1, -0.05) is 0 Å². The predicted molar refractivity (Wildman–Crippen MR) is 56.8 cm³/mol. The van der Waals surface area contributed by atoms with Crippen LogP contribution in [-0.4, -0.2) is 21.0 Å². The van der Waals surface area contributed by atoms with Crippen LogP contribution in [0.2, 0.25) is 0 Å². The Morgan fingerprint density at radius 3 is 3.00 bits per heavy atom. The van der Waals surface area contributed by atoms with Crippen molar-refractivity contribution in [3.63, 3.8) is 0 Å². The fraction of sp³-hybridized carbons (Fsp3) is 0.125. The summed E-state index contributed by atoms with van der Waals surface area (Å²) in [5.41, 5.74) is 0.502. The molecule has 72 valence electrons. The molecule has 0 saturated heterocycles. The summed E-state index contributed by atoms with van der Waals surface area (Å²) in [4.78, 5) is 19.2. The van der Waals surface area contributed by atoms with Gasteiger partial charge >= 0.3 is 5.97 Å². The monoisotopic (exact) mass is 272 g/mol. The first-order chi connectivity index (χ1) is 6.59. The number of hydrogen-bond acceptors (Lipinski definition) is 4. The maximum absolute atomic E-state index is 10.9. The van der Waals surface area contributed by atoms with E-state index in [0.717, 1.165) is 20.5 Å². The lowest BCUT2D eigenvalue weighted by Crippen LogP contribution is -1.95. The molecule has 1 N–H and O–H groups in total. The topological polar surface area (TPSA) is 63.1 Å². The van der Waals surface area contributed by atoms with E-state index in [0.29, 0.717) is 11.3 Å². The number of fused-ring (bicyclic) bond motifs is 1. The number of aryl methyl sites for hydroxylation is 1. The molecular formula is C8H5BrN2O2S. The molecule has 0 aliphatic carbocycles. The quantitative estimate of drug-likeness (QED) is 0.866. The molecule has 0 saturated carbocycles. The lowest BCUT2D eigenvalue weighted by atomic mass is 10.3. The highest BCUT2D eigenvalue weighted by atomic mass is 79.9. The third-order valence-corrected chi connectivity index (χ3v) is 3.61. The molecular weight excluding hydrogens is 268 g/mol. The zero-order chi connectivity index (χ0) is 10.3. The summed E-state index contributed by atoms with van der Waals surface area (Å²) < 4.78 is 0.755. The van der Waals surface area contributed by atoms with Gasteiger partial charge in [0.2, 0.25) is 0 Å². The Balaban J connectivity index is 2.85. The minimum Gasteiger partial charge on any atom is -0.477 e. The number of nitrogens with zero attached hydrogens (tertiary/aromatic N) is 2. The van der Waals surface area contributed by atoms with Gasteiger partial charge in [-0.25, -0.2) is 14.8 Å². The number of hydrogen-bond donors (Lipinski definition) is 1. The van der Waals surface area contributed by atoms with Crippen molar-refractivity contribution in [2.75, 3.05) is 0 Å². The summed E-state index contributed by atoms with van der Waals surface area (Å²) in [6, 6.07) is 0. The summed E-state index contributed by atoms with van der Waals surface area (Å²) >= 11 is 4.44. The van der Waals surface area contributed by atoms with E-state index in [-0.39, 0.29) is 4.88 Å². The van der Waals surface area contributed by atoms with Crippen molar-refractivity contribution in [2.24, 2.45) is 0 Å². The second kappa shape index (κ2) is 3.29. The van der Waals surface area contributed by atoms with Crippen LogP contribution in [0.3, 0.4) is 0 Å². The normalized spacial score (nSPS) is 10.7. The summed E-state index contributed by atoms with van der Waals surface area (Å²) in [6.45, 7) is 1.73. The van der Waals surface area contributed by atoms with Crippen molar-refractivity contribution < 1.29 is 9.90 Å². The zero-order valence-electron chi connectivity index (χ0n) is 7.11. The van der Waals surface area contributed by atoms with Crippen molar-refractivity contribution in [2.45, 2.75) is 6.92 Å². The van der Waals surface area contributed by atoms with E-state index >= 15 is 0 Å². The van der Waals surface area contributed by atoms with Crippen LogP contribution in [0.25, 0.3) is 10.9 Å². The van der Waals surface area contributed by atoms with Gasteiger partial charge in [0.25, 0.3) is 0 Å². The first-order valence-electron chi connectivity index (χ1n) is 3.74. The van der Waals surface area contributed by atoms with Crippen LogP contribution in [0.4, 0.5) is 0 Å². The molecule has 4 nitrogen and oxygen atoms in total. The van der Waals surface area contributed by atoms with Gasteiger partial charge in [-0.05, 0) is 22.9 Å². The number of thiophene rings is 1. The number of aromatic nitrogens is 2. The van der Waals surface area contributed by atoms with E-state index in [9.17, 15) is 4.79 Å². The Morgan fingerprint density at radius 2 is 2.36 bits per heavy atom. The first-order valence-corrected chi connectivity index (χ1v) is 5.35. The fourth-order valence-corrected chi connectivity index (χ4v) is 2.68. The van der Waals surface area contributed by atoms with Crippen molar-refractivity contribution in [1.29, 1.82) is 0 Å². The van der Waals surface area contributed by atoms with Crippen LogP contribution in [0.1, 0.15) is 15.5 Å². The second-order valence-electron chi connectivity index (χ2n) is 2.69. The number of rotatable bonds is 1. The van der Waals surface area contributed by atoms with Crippen molar-refractivity contribution in [3.8, 4) is 0 Å². The largest absolute Gasteiger partial charge is 0.477 e. The number of carboxylic acid groups (broad SMARTS) is 1. The maximum atomic E-state index is 10.9. The molecule has 2 heterocycles. The molecule has 2 aromatic rings. The van der Waals surface area contributed by atoms with Crippen LogP contribution >= 0.6 is 27.3 Å². The molecule has 0 aromatic carbocycles. The van der Waals surface area contributed by atoms with Gasteiger partial charge in [0.05, 0.1) is 3.79 Å². The molecule has 0 atom stereocenters. The maximum Gasteiger partial charge on any atom is 0.348 e. The van der Waals surface area contributed by atoms with Gasteiger partial charge in [0.1, 0.15) is 16.2 Å². The summed E-state index contributed by atoms with van der Waals surface area (Å²) in [7, 11) is 0. The molecule has 0 unspecified atom stereocenters. The number of carboxylic acids is 1. The Bertz CT molecular complexity index is 523. The summed E-state index contributed by atoms with van der Waals surface area (Å²) in [6.07, 6.45) is 1.63. The van der Waals surface area contributed by atoms with Gasteiger partial charge in [-0.2, -0.15) is 0 Å². The smallest absolute Gasteiger partial charge is 0.348 e. The molecule has 0 spiro atoms. The molecule has 2 aromatic heterocycles. The molecule has 0 bridgehead atoms. The zero-order valence-corrected chi connectivity index (χ0v) is 9.52. The summed E-state index contributed by atoms with van der Waals surface area (Å²) in [5.74, 6) is -0.380. The number of carbonyl (C=O) groups is 1. The molecule has 6 heteroatoms. The Hall–Kier alpha value is -1.01. The van der Waals surface area contributed by atoms with E-state index in [1.807, 2.05) is 0 Å². The van der Waals surface area contributed by atoms with Crippen LogP contribution in [0.5, 0.6) is 0 Å². The van der Waals surface area contributed by atoms with Crippen LogP contribution in [0, 0.1) is 6.92 Å². The minimum absolute atomic E-state index is 0.248. The highest BCUT2D eigenvalue weighted by Crippen LogP contribution is 2.33. The van der Waals surface area contributed by atoms with Crippen LogP contribution in [0.15, 0.2) is 9.98 Å². The molecule has 2 rings (SSSR count). The van der Waals surface area contributed by atoms with Gasteiger partial charge in [-0.15, -0.1) is 11.3 Å². The van der Waals surface area contributed by atoms with Crippen molar-refractivity contribution in [1.82, 2.24) is 9.97 Å². The Morgan fingerprint density at radius 1 is 1.64 bits per heavy atom. The van der Waals surface area contributed by atoms with Gasteiger partial charge in [-0.3, -0.25) is 0 Å². The van der Waals surface area contributed by atoms with E-state index in [4.69, 9.17) is 5.11 Å². The third-order valence-electron chi connectivity index (χ3n) is 1.72. The standard InChI is InChI=1S/C8H5BrN2O2S/c1-3-10-2-4-5(11-3)6(8(12)13)14-7(4)9/h2H,1H3,(H,12,13). The van der Waals surface area contributed by atoms with Crippen molar-refractivity contribution in [3.05, 3.63) is 20.7 Å². The van der Waals surface area contributed by atoms with Gasteiger partial charge in [0, 0.05) is 11.6 Å². The Labute approximate surface area is 91.7 Å². The fourth-order valence-electron chi connectivity index (χ4n) is 1.12. The molecule has 0 fully saturated rings. The van der Waals surface area contributed by atoms with Gasteiger partial charge < -0.3 is 5.11 Å². The lowest BCUT2D eigenvalue weighted by Gasteiger charge is -1.93. The number of aromatic carboxylic acids is 1.